The van der Waals surface area contributed by atoms with Crippen molar-refractivity contribution in [3.8, 4) is 0 Å². The molecule has 2 aliphatic rings. The number of unbranched alkanes of at least 4 members (excludes halogenated alkanes) is 3. The Morgan fingerprint density at radius 2 is 1.96 bits per heavy atom. The molecule has 2 N–H and O–H groups in total. The van der Waals surface area contributed by atoms with Crippen LogP contribution in [-0.2, 0) is 14.3 Å². The van der Waals surface area contributed by atoms with Gasteiger partial charge in [0, 0.05) is 20.0 Å². The van der Waals surface area contributed by atoms with Crippen molar-refractivity contribution < 1.29 is 14.3 Å². The average molecular weight is 354 g/mol. The van der Waals surface area contributed by atoms with Crippen LogP contribution in [-0.4, -0.2) is 49.4 Å². The quantitative estimate of drug-likeness (QED) is 0.304. The highest BCUT2D eigenvalue weighted by molar-refractivity contribution is 5.80. The fraction of sp³-hybridized carbons (Fsp3) is 0.895. The Morgan fingerprint density at radius 1 is 1.20 bits per heavy atom. The van der Waals surface area contributed by atoms with E-state index in [1.54, 1.807) is 0 Å². The summed E-state index contributed by atoms with van der Waals surface area (Å²) in [6, 6.07) is 0.402. The lowest BCUT2D eigenvalue weighted by Gasteiger charge is -2.22. The van der Waals surface area contributed by atoms with Crippen molar-refractivity contribution in [1.82, 2.24) is 10.6 Å². The van der Waals surface area contributed by atoms with E-state index in [-0.39, 0.29) is 11.6 Å². The second-order valence-electron chi connectivity index (χ2n) is 8.11. The molecule has 2 bridgehead atoms. The van der Waals surface area contributed by atoms with Gasteiger partial charge in [-0.1, -0.05) is 12.8 Å². The predicted molar refractivity (Wildman–Crippen MR) is 99.7 cm³/mol. The molecule has 0 radical (unpaired) electrons. The van der Waals surface area contributed by atoms with E-state index in [4.69, 9.17) is 9.47 Å². The molecule has 3 atom stereocenters. The normalized spacial score (nSPS) is 25.9. The molecule has 6 nitrogen and oxygen atoms in total. The van der Waals surface area contributed by atoms with Crippen LogP contribution in [0.15, 0.2) is 4.99 Å². The van der Waals surface area contributed by atoms with Gasteiger partial charge in [0.05, 0.1) is 18.2 Å². The van der Waals surface area contributed by atoms with Crippen molar-refractivity contribution in [3.63, 3.8) is 0 Å². The molecular formula is C19H35N3O3. The Hall–Kier alpha value is -1.30. The van der Waals surface area contributed by atoms with Crippen LogP contribution in [0.1, 0.15) is 72.1 Å². The third-order valence-corrected chi connectivity index (χ3v) is 4.67. The second kappa shape index (κ2) is 9.41. The first-order chi connectivity index (χ1) is 11.9. The number of rotatable bonds is 8. The number of carbonyl (C=O) groups is 1. The van der Waals surface area contributed by atoms with E-state index < -0.39 is 0 Å². The maximum Gasteiger partial charge on any atom is 0.306 e. The first kappa shape index (κ1) is 20.0. The zero-order valence-corrected chi connectivity index (χ0v) is 16.3. The lowest BCUT2D eigenvalue weighted by Crippen LogP contribution is -2.47. The van der Waals surface area contributed by atoms with Gasteiger partial charge in [-0.3, -0.25) is 9.79 Å². The van der Waals surface area contributed by atoms with Crippen LogP contribution in [0.4, 0.5) is 0 Å². The van der Waals surface area contributed by atoms with Crippen LogP contribution in [0.2, 0.25) is 0 Å². The average Bonchev–Trinajstić information content (AvgIpc) is 3.13. The number of esters is 1. The highest BCUT2D eigenvalue weighted by Crippen LogP contribution is 2.34. The molecule has 144 valence electrons. The summed E-state index contributed by atoms with van der Waals surface area (Å²) in [6.07, 6.45) is 8.90. The number of hydrogen-bond donors (Lipinski definition) is 2. The summed E-state index contributed by atoms with van der Waals surface area (Å²) in [7, 11) is 1.81. The van der Waals surface area contributed by atoms with Crippen molar-refractivity contribution >= 4 is 11.9 Å². The molecule has 2 saturated heterocycles. The van der Waals surface area contributed by atoms with E-state index in [0.29, 0.717) is 24.7 Å². The van der Waals surface area contributed by atoms with E-state index in [2.05, 4.69) is 15.6 Å². The molecule has 2 heterocycles. The van der Waals surface area contributed by atoms with E-state index in [9.17, 15) is 4.79 Å². The lowest BCUT2D eigenvalue weighted by molar-refractivity contribution is -0.154. The topological polar surface area (TPSA) is 72.0 Å². The summed E-state index contributed by atoms with van der Waals surface area (Å²) >= 11 is 0. The fourth-order valence-electron chi connectivity index (χ4n) is 3.51. The molecule has 0 aromatic heterocycles. The van der Waals surface area contributed by atoms with Gasteiger partial charge < -0.3 is 20.1 Å². The maximum absolute atomic E-state index is 11.6. The van der Waals surface area contributed by atoms with Gasteiger partial charge in [0.1, 0.15) is 5.60 Å². The highest BCUT2D eigenvalue weighted by atomic mass is 16.6. The molecule has 2 aliphatic heterocycles. The third-order valence-electron chi connectivity index (χ3n) is 4.67. The zero-order valence-electron chi connectivity index (χ0n) is 16.3. The minimum Gasteiger partial charge on any atom is -0.460 e. The number of carbonyl (C=O) groups excluding carboxylic acids is 1. The van der Waals surface area contributed by atoms with Crippen LogP contribution in [0.5, 0.6) is 0 Å². The van der Waals surface area contributed by atoms with E-state index in [1.165, 1.54) is 6.42 Å². The molecule has 0 aromatic rings. The Kier molecular flexibility index (Phi) is 7.54. The summed E-state index contributed by atoms with van der Waals surface area (Å²) in [5, 5.41) is 6.87. The fourth-order valence-corrected chi connectivity index (χ4v) is 3.51. The summed E-state index contributed by atoms with van der Waals surface area (Å²) in [5.41, 5.74) is -0.381. The van der Waals surface area contributed by atoms with Gasteiger partial charge in [0.15, 0.2) is 5.96 Å². The number of ether oxygens (including phenoxy) is 2. The first-order valence-electron chi connectivity index (χ1n) is 9.72. The molecule has 25 heavy (non-hydrogen) atoms. The van der Waals surface area contributed by atoms with Crippen LogP contribution in [0, 0.1) is 0 Å². The molecule has 0 aromatic carbocycles. The standard InChI is InChI=1S/C19H35N3O3/c1-19(2,3)25-17(23)9-7-5-6-8-12-21-18(20-4)22-15-13-14-10-11-16(15)24-14/h14-16H,5-13H2,1-4H3,(H2,20,21,22). The molecule has 2 rings (SSSR count). The molecule has 3 unspecified atom stereocenters. The number of nitrogens with zero attached hydrogens (tertiary/aromatic N) is 1. The molecule has 6 heteroatoms. The Balaban J connectivity index is 1.48. The minimum absolute atomic E-state index is 0.0942. The van der Waals surface area contributed by atoms with Crippen LogP contribution < -0.4 is 10.6 Å². The molecular weight excluding hydrogens is 318 g/mol. The number of nitrogens with one attached hydrogen (secondary N) is 2. The monoisotopic (exact) mass is 353 g/mol. The van der Waals surface area contributed by atoms with E-state index in [0.717, 1.165) is 51.0 Å². The van der Waals surface area contributed by atoms with Crippen LogP contribution >= 0.6 is 0 Å². The molecule has 0 saturated carbocycles. The van der Waals surface area contributed by atoms with E-state index in [1.807, 2.05) is 27.8 Å². The molecule has 2 fully saturated rings. The Morgan fingerprint density at radius 3 is 2.56 bits per heavy atom. The third kappa shape index (κ3) is 7.22. The minimum atomic E-state index is -0.381. The summed E-state index contributed by atoms with van der Waals surface area (Å²) in [5.74, 6) is 0.776. The summed E-state index contributed by atoms with van der Waals surface area (Å²) in [4.78, 5) is 15.9. The number of guanidine groups is 1. The number of fused-ring (bicyclic) bond motifs is 2. The van der Waals surface area contributed by atoms with Crippen LogP contribution in [0.3, 0.4) is 0 Å². The van der Waals surface area contributed by atoms with E-state index >= 15 is 0 Å². The SMILES string of the molecule is CN=C(NCCCCCCC(=O)OC(C)(C)C)NC1CC2CCC1O2. The van der Waals surface area contributed by atoms with Gasteiger partial charge in [-0.2, -0.15) is 0 Å². The summed E-state index contributed by atoms with van der Waals surface area (Å²) < 4.78 is 11.2. The smallest absolute Gasteiger partial charge is 0.306 e. The predicted octanol–water partition coefficient (Wildman–Crippen LogP) is 2.76. The van der Waals surface area contributed by atoms with Crippen molar-refractivity contribution in [2.75, 3.05) is 13.6 Å². The van der Waals surface area contributed by atoms with Crippen molar-refractivity contribution in [2.24, 2.45) is 4.99 Å². The molecule has 0 spiro atoms. The maximum atomic E-state index is 11.6. The Labute approximate surface area is 152 Å². The van der Waals surface area contributed by atoms with Gasteiger partial charge in [0.25, 0.3) is 0 Å². The summed E-state index contributed by atoms with van der Waals surface area (Å²) in [6.45, 7) is 6.61. The second-order valence-corrected chi connectivity index (χ2v) is 8.11. The first-order valence-corrected chi connectivity index (χ1v) is 9.72. The highest BCUT2D eigenvalue weighted by Gasteiger charge is 2.41. The zero-order chi connectivity index (χ0) is 18.3. The largest absolute Gasteiger partial charge is 0.460 e. The molecule has 0 aliphatic carbocycles. The van der Waals surface area contributed by atoms with Gasteiger partial charge in [-0.25, -0.2) is 0 Å². The van der Waals surface area contributed by atoms with Crippen molar-refractivity contribution in [1.29, 1.82) is 0 Å². The van der Waals surface area contributed by atoms with Crippen molar-refractivity contribution in [3.05, 3.63) is 0 Å². The number of hydrogen-bond acceptors (Lipinski definition) is 4. The lowest BCUT2D eigenvalue weighted by atomic mass is 9.96. The van der Waals surface area contributed by atoms with Crippen molar-refractivity contribution in [2.45, 2.75) is 96.0 Å². The van der Waals surface area contributed by atoms with Gasteiger partial charge in [0.2, 0.25) is 0 Å². The molecule has 0 amide bonds. The number of aliphatic imine (C=N–C) groups is 1. The van der Waals surface area contributed by atoms with Gasteiger partial charge in [-0.05, 0) is 52.9 Å². The Bertz CT molecular complexity index is 459. The van der Waals surface area contributed by atoms with Gasteiger partial charge >= 0.3 is 5.97 Å². The van der Waals surface area contributed by atoms with Crippen LogP contribution in [0.25, 0.3) is 0 Å². The van der Waals surface area contributed by atoms with Gasteiger partial charge in [-0.15, -0.1) is 0 Å².